The molecule has 1 aliphatic rings. The lowest BCUT2D eigenvalue weighted by atomic mass is 10.1. The minimum Gasteiger partial charge on any atom is -0.494 e. The lowest BCUT2D eigenvalue weighted by Gasteiger charge is -2.16. The van der Waals surface area contributed by atoms with Crippen molar-refractivity contribution in [2.45, 2.75) is 26.2 Å². The molecule has 0 unspecified atom stereocenters. The van der Waals surface area contributed by atoms with Crippen molar-refractivity contribution in [3.05, 3.63) is 92.4 Å². The number of halogens is 2. The highest BCUT2D eigenvalue weighted by atomic mass is 35.5. The van der Waals surface area contributed by atoms with Crippen molar-refractivity contribution < 1.29 is 9.13 Å². The number of fused-ring (bicyclic) bond motifs is 2. The number of para-hydroxylation sites is 1. The smallest absolute Gasteiger partial charge is 0.255 e. The van der Waals surface area contributed by atoms with E-state index in [2.05, 4.69) is 20.2 Å². The summed E-state index contributed by atoms with van der Waals surface area (Å²) in [6.45, 7) is 1.81. The number of pyridine rings is 1. The SMILES string of the molecule is COc1ccc(Cl)c(CNc2ncnc3c2CN(Cc2cc4ccccc4n(C)c2=O)C3)c1F. The van der Waals surface area contributed by atoms with Crippen molar-refractivity contribution >= 4 is 28.3 Å². The number of hydrogen-bond donors (Lipinski definition) is 1. The van der Waals surface area contributed by atoms with E-state index in [9.17, 15) is 9.18 Å². The molecule has 0 atom stereocenters. The largest absolute Gasteiger partial charge is 0.494 e. The highest BCUT2D eigenvalue weighted by molar-refractivity contribution is 6.31. The van der Waals surface area contributed by atoms with E-state index in [-0.39, 0.29) is 17.9 Å². The molecule has 5 rings (SSSR count). The van der Waals surface area contributed by atoms with Crippen LogP contribution in [0.2, 0.25) is 5.02 Å². The molecule has 1 aliphatic heterocycles. The van der Waals surface area contributed by atoms with E-state index in [1.54, 1.807) is 17.7 Å². The molecule has 0 amide bonds. The lowest BCUT2D eigenvalue weighted by molar-refractivity contribution is 0.272. The van der Waals surface area contributed by atoms with Crippen LogP contribution >= 0.6 is 11.6 Å². The van der Waals surface area contributed by atoms with E-state index < -0.39 is 5.82 Å². The van der Waals surface area contributed by atoms with Gasteiger partial charge in [0.1, 0.15) is 12.1 Å². The minimum absolute atomic E-state index is 0.0118. The van der Waals surface area contributed by atoms with Crippen LogP contribution in [0.15, 0.2) is 53.6 Å². The topological polar surface area (TPSA) is 72.3 Å². The Labute approximate surface area is 200 Å². The Kier molecular flexibility index (Phi) is 5.93. The predicted octanol–water partition coefficient (Wildman–Crippen LogP) is 4.26. The Morgan fingerprint density at radius 3 is 2.82 bits per heavy atom. The van der Waals surface area contributed by atoms with Gasteiger partial charge in [-0.3, -0.25) is 9.69 Å². The number of methoxy groups -OCH3 is 1. The Balaban J connectivity index is 1.36. The molecule has 0 saturated carbocycles. The van der Waals surface area contributed by atoms with E-state index in [1.165, 1.54) is 19.5 Å². The fourth-order valence-corrected chi connectivity index (χ4v) is 4.63. The van der Waals surface area contributed by atoms with Crippen molar-refractivity contribution in [3.8, 4) is 5.75 Å². The summed E-state index contributed by atoms with van der Waals surface area (Å²) in [5.41, 5.74) is 3.74. The van der Waals surface area contributed by atoms with E-state index in [4.69, 9.17) is 16.3 Å². The standard InChI is InChI=1S/C25H23ClFN5O2/c1-31-21-6-4-3-5-15(21)9-16(25(31)33)11-32-12-18-20(13-32)29-14-30-24(18)28-10-17-19(26)7-8-22(34-2)23(17)27/h3-9,14H,10-13H2,1-2H3,(H,28,29,30). The van der Waals surface area contributed by atoms with Gasteiger partial charge in [-0.2, -0.15) is 0 Å². The first-order valence-corrected chi connectivity index (χ1v) is 11.2. The van der Waals surface area contributed by atoms with Crippen LogP contribution in [0.1, 0.15) is 22.4 Å². The van der Waals surface area contributed by atoms with Gasteiger partial charge in [0.25, 0.3) is 5.56 Å². The van der Waals surface area contributed by atoms with Crippen LogP contribution in [0.4, 0.5) is 10.2 Å². The number of rotatable bonds is 6. The number of ether oxygens (including phenoxy) is 1. The van der Waals surface area contributed by atoms with E-state index in [1.807, 2.05) is 30.3 Å². The maximum Gasteiger partial charge on any atom is 0.255 e. The minimum atomic E-state index is -0.498. The summed E-state index contributed by atoms with van der Waals surface area (Å²) in [4.78, 5) is 23.9. The fourth-order valence-electron chi connectivity index (χ4n) is 4.42. The van der Waals surface area contributed by atoms with Gasteiger partial charge >= 0.3 is 0 Å². The monoisotopic (exact) mass is 479 g/mol. The first kappa shape index (κ1) is 22.3. The van der Waals surface area contributed by atoms with Gasteiger partial charge in [-0.15, -0.1) is 0 Å². The molecule has 1 N–H and O–H groups in total. The van der Waals surface area contributed by atoms with Crippen molar-refractivity contribution in [3.63, 3.8) is 0 Å². The van der Waals surface area contributed by atoms with E-state index >= 15 is 0 Å². The Morgan fingerprint density at radius 1 is 1.18 bits per heavy atom. The van der Waals surface area contributed by atoms with Crippen molar-refractivity contribution in [1.29, 1.82) is 0 Å². The second-order valence-corrected chi connectivity index (χ2v) is 8.69. The molecule has 9 heteroatoms. The Morgan fingerprint density at radius 2 is 2.00 bits per heavy atom. The van der Waals surface area contributed by atoms with Gasteiger partial charge in [-0.25, -0.2) is 14.4 Å². The first-order chi connectivity index (χ1) is 16.5. The summed E-state index contributed by atoms with van der Waals surface area (Å²) in [6.07, 6.45) is 1.49. The third-order valence-electron chi connectivity index (χ3n) is 6.19. The summed E-state index contributed by atoms with van der Waals surface area (Å²) in [7, 11) is 3.21. The van der Waals surface area contributed by atoms with Gasteiger partial charge in [0, 0.05) is 54.9 Å². The van der Waals surface area contributed by atoms with Crippen LogP contribution in [0, 0.1) is 5.82 Å². The summed E-state index contributed by atoms with van der Waals surface area (Å²) in [5.74, 6) is 0.261. The Hall–Kier alpha value is -3.49. The van der Waals surface area contributed by atoms with Gasteiger partial charge in [0.05, 0.1) is 18.3 Å². The van der Waals surface area contributed by atoms with Crippen molar-refractivity contribution in [2.24, 2.45) is 7.05 Å². The number of aryl methyl sites for hydroxylation is 1. The van der Waals surface area contributed by atoms with Gasteiger partial charge < -0.3 is 14.6 Å². The number of nitrogens with one attached hydrogen (secondary N) is 1. The van der Waals surface area contributed by atoms with Crippen LogP contribution in [-0.2, 0) is 33.2 Å². The number of nitrogens with zero attached hydrogens (tertiary/aromatic N) is 4. The zero-order valence-corrected chi connectivity index (χ0v) is 19.6. The molecule has 0 spiro atoms. The zero-order valence-electron chi connectivity index (χ0n) is 18.8. The third kappa shape index (κ3) is 3.99. The highest BCUT2D eigenvalue weighted by Gasteiger charge is 2.25. The molecule has 2 aromatic heterocycles. The van der Waals surface area contributed by atoms with Gasteiger partial charge in [0.2, 0.25) is 0 Å². The van der Waals surface area contributed by atoms with Gasteiger partial charge in [0.15, 0.2) is 11.6 Å². The average molecular weight is 480 g/mol. The molecule has 0 aliphatic carbocycles. The molecule has 0 radical (unpaired) electrons. The number of aromatic nitrogens is 3. The maximum absolute atomic E-state index is 14.7. The molecule has 7 nitrogen and oxygen atoms in total. The van der Waals surface area contributed by atoms with Crippen LogP contribution in [0.3, 0.4) is 0 Å². The maximum atomic E-state index is 14.7. The number of benzene rings is 2. The van der Waals surface area contributed by atoms with Crippen molar-refractivity contribution in [1.82, 2.24) is 19.4 Å². The summed E-state index contributed by atoms with van der Waals surface area (Å²) >= 11 is 6.22. The number of hydrogen-bond acceptors (Lipinski definition) is 6. The molecule has 0 saturated heterocycles. The quantitative estimate of drug-likeness (QED) is 0.445. The normalized spacial score (nSPS) is 13.3. The molecule has 174 valence electrons. The lowest BCUT2D eigenvalue weighted by Crippen LogP contribution is -2.26. The molecule has 4 aromatic rings. The third-order valence-corrected chi connectivity index (χ3v) is 6.55. The molecular weight excluding hydrogens is 457 g/mol. The summed E-state index contributed by atoms with van der Waals surface area (Å²) < 4.78 is 21.4. The second kappa shape index (κ2) is 9.04. The fraction of sp³-hybridized carbons (Fsp3) is 0.240. The van der Waals surface area contributed by atoms with Gasteiger partial charge in [-0.05, 0) is 29.7 Å². The van der Waals surface area contributed by atoms with Crippen LogP contribution < -0.4 is 15.6 Å². The molecule has 34 heavy (non-hydrogen) atoms. The molecule has 0 fully saturated rings. The number of anilines is 1. The second-order valence-electron chi connectivity index (χ2n) is 8.28. The Bertz CT molecular complexity index is 1460. The summed E-state index contributed by atoms with van der Waals surface area (Å²) in [6, 6.07) is 12.9. The molecule has 0 bridgehead atoms. The molecule has 2 aromatic carbocycles. The van der Waals surface area contributed by atoms with Crippen LogP contribution in [0.25, 0.3) is 10.9 Å². The molecular formula is C25H23ClFN5O2. The van der Waals surface area contributed by atoms with Crippen molar-refractivity contribution in [2.75, 3.05) is 12.4 Å². The van der Waals surface area contributed by atoms with Crippen LogP contribution in [0.5, 0.6) is 5.75 Å². The average Bonchev–Trinajstić information content (AvgIpc) is 3.25. The first-order valence-electron chi connectivity index (χ1n) is 10.8. The van der Waals surface area contributed by atoms with Crippen LogP contribution in [-0.4, -0.2) is 26.5 Å². The van der Waals surface area contributed by atoms with E-state index in [0.29, 0.717) is 36.0 Å². The predicted molar refractivity (Wildman–Crippen MR) is 129 cm³/mol. The summed E-state index contributed by atoms with van der Waals surface area (Å²) in [5, 5.41) is 4.53. The molecule has 3 heterocycles. The zero-order chi connectivity index (χ0) is 23.8. The van der Waals surface area contributed by atoms with E-state index in [0.717, 1.165) is 27.7 Å². The van der Waals surface area contributed by atoms with Gasteiger partial charge in [-0.1, -0.05) is 29.8 Å². The highest BCUT2D eigenvalue weighted by Crippen LogP contribution is 2.30.